The lowest BCUT2D eigenvalue weighted by Crippen LogP contribution is -2.18. The molecule has 0 aliphatic carbocycles. The number of ether oxygens (including phenoxy) is 1. The van der Waals surface area contributed by atoms with E-state index in [9.17, 15) is 5.11 Å². The Kier molecular flexibility index (Phi) is 3.14. The molecule has 0 fully saturated rings. The van der Waals surface area contributed by atoms with Gasteiger partial charge < -0.3 is 14.3 Å². The van der Waals surface area contributed by atoms with Gasteiger partial charge in [-0.3, -0.25) is 0 Å². The summed E-state index contributed by atoms with van der Waals surface area (Å²) in [6, 6.07) is 7.47. The van der Waals surface area contributed by atoms with Gasteiger partial charge in [-0.25, -0.2) is 0 Å². The second-order valence-electron chi connectivity index (χ2n) is 3.21. The number of furan rings is 1. The van der Waals surface area contributed by atoms with E-state index in [-0.39, 0.29) is 12.5 Å². The summed E-state index contributed by atoms with van der Waals surface area (Å²) in [5, 5.41) is 10.2. The summed E-state index contributed by atoms with van der Waals surface area (Å²) in [7, 11) is 0. The molecule has 1 unspecified atom stereocenters. The molecule has 15 heavy (non-hydrogen) atoms. The minimum atomic E-state index is -0.656. The van der Waals surface area contributed by atoms with Gasteiger partial charge in [0.1, 0.15) is 12.7 Å². The molecule has 0 aliphatic rings. The van der Waals surface area contributed by atoms with Gasteiger partial charge in [-0.1, -0.05) is 12.1 Å². The normalized spacial score (nSPS) is 12.9. The van der Waals surface area contributed by atoms with Crippen LogP contribution in [-0.2, 0) is 0 Å². The van der Waals surface area contributed by atoms with E-state index in [0.717, 1.165) is 5.39 Å². The highest BCUT2D eigenvalue weighted by Crippen LogP contribution is 2.26. The second kappa shape index (κ2) is 4.55. The summed E-state index contributed by atoms with van der Waals surface area (Å²) in [4.78, 5) is 0. The van der Waals surface area contributed by atoms with Crippen LogP contribution in [0.4, 0.5) is 0 Å². The Morgan fingerprint density at radius 3 is 3.07 bits per heavy atom. The molecule has 80 valence electrons. The third-order valence-electron chi connectivity index (χ3n) is 2.05. The Balaban J connectivity index is 2.17. The smallest absolute Gasteiger partial charge is 0.175 e. The van der Waals surface area contributed by atoms with Gasteiger partial charge in [-0.2, -0.15) is 0 Å². The fourth-order valence-electron chi connectivity index (χ4n) is 1.31. The molecule has 1 aromatic heterocycles. The third kappa shape index (κ3) is 2.25. The van der Waals surface area contributed by atoms with Crippen molar-refractivity contribution in [2.75, 3.05) is 12.5 Å². The molecule has 0 amide bonds. The van der Waals surface area contributed by atoms with E-state index in [1.807, 2.05) is 18.2 Å². The lowest BCUT2D eigenvalue weighted by Gasteiger charge is -2.09. The summed E-state index contributed by atoms with van der Waals surface area (Å²) in [6.07, 6.45) is 0.951. The van der Waals surface area contributed by atoms with Gasteiger partial charge in [0, 0.05) is 5.39 Å². The van der Waals surface area contributed by atoms with Gasteiger partial charge in [0.15, 0.2) is 11.3 Å². The van der Waals surface area contributed by atoms with Crippen molar-refractivity contribution in [3.8, 4) is 5.75 Å². The first kappa shape index (κ1) is 10.3. The van der Waals surface area contributed by atoms with Crippen LogP contribution in [0.25, 0.3) is 11.0 Å². The minimum Gasteiger partial charge on any atom is -0.487 e. The fraction of sp³-hybridized carbons (Fsp3) is 0.273. The summed E-state index contributed by atoms with van der Waals surface area (Å²) < 4.78 is 10.7. The van der Waals surface area contributed by atoms with Crippen molar-refractivity contribution in [3.63, 3.8) is 0 Å². The van der Waals surface area contributed by atoms with E-state index in [1.165, 1.54) is 0 Å². The Morgan fingerprint density at radius 1 is 1.40 bits per heavy atom. The first-order valence-electron chi connectivity index (χ1n) is 4.64. The van der Waals surface area contributed by atoms with Gasteiger partial charge in [-0.05, 0) is 12.1 Å². The molecule has 0 radical (unpaired) electrons. The van der Waals surface area contributed by atoms with Gasteiger partial charge >= 0.3 is 0 Å². The average Bonchev–Trinajstić information content (AvgIpc) is 2.74. The van der Waals surface area contributed by atoms with Crippen LogP contribution in [0, 0.1) is 0 Å². The van der Waals surface area contributed by atoms with E-state index in [2.05, 4.69) is 0 Å². The number of hydrogen-bond acceptors (Lipinski definition) is 3. The summed E-state index contributed by atoms with van der Waals surface area (Å²) in [6.45, 7) is 0.170. The number of para-hydroxylation sites is 1. The number of alkyl halides is 1. The van der Waals surface area contributed by atoms with Crippen LogP contribution in [0.1, 0.15) is 0 Å². The van der Waals surface area contributed by atoms with Gasteiger partial charge in [0.25, 0.3) is 0 Å². The molecule has 0 aliphatic heterocycles. The molecular formula is C11H11ClO3. The number of aliphatic hydroxyl groups is 1. The monoisotopic (exact) mass is 226 g/mol. The molecule has 4 heteroatoms. The maximum absolute atomic E-state index is 9.25. The second-order valence-corrected chi connectivity index (χ2v) is 3.52. The lowest BCUT2D eigenvalue weighted by molar-refractivity contribution is 0.125. The van der Waals surface area contributed by atoms with Crippen LogP contribution < -0.4 is 4.74 Å². The number of hydrogen-bond donors (Lipinski definition) is 1. The molecule has 1 heterocycles. The first-order valence-corrected chi connectivity index (χ1v) is 5.18. The molecule has 1 N–H and O–H groups in total. The van der Waals surface area contributed by atoms with Gasteiger partial charge in [0.05, 0.1) is 12.1 Å². The first-order chi connectivity index (χ1) is 7.31. The largest absolute Gasteiger partial charge is 0.487 e. The fourth-order valence-corrected chi connectivity index (χ4v) is 1.40. The molecule has 0 saturated heterocycles. The van der Waals surface area contributed by atoms with E-state index in [1.54, 1.807) is 12.3 Å². The highest BCUT2D eigenvalue weighted by molar-refractivity contribution is 6.18. The van der Waals surface area contributed by atoms with E-state index in [0.29, 0.717) is 11.3 Å². The molecule has 1 aromatic carbocycles. The van der Waals surface area contributed by atoms with Gasteiger partial charge in [0.2, 0.25) is 0 Å². The molecule has 0 bridgehead atoms. The van der Waals surface area contributed by atoms with E-state index in [4.69, 9.17) is 20.8 Å². The maximum atomic E-state index is 9.25. The zero-order valence-electron chi connectivity index (χ0n) is 8.02. The van der Waals surface area contributed by atoms with Crippen molar-refractivity contribution in [2.45, 2.75) is 6.10 Å². The topological polar surface area (TPSA) is 42.6 Å². The summed E-state index contributed by atoms with van der Waals surface area (Å²) in [5.74, 6) is 0.787. The Labute approximate surface area is 92.2 Å². The van der Waals surface area contributed by atoms with Crippen LogP contribution in [0.15, 0.2) is 34.9 Å². The van der Waals surface area contributed by atoms with Crippen molar-refractivity contribution in [1.29, 1.82) is 0 Å². The number of aliphatic hydroxyl groups excluding tert-OH is 1. The van der Waals surface area contributed by atoms with Crippen LogP contribution in [0.2, 0.25) is 0 Å². The SMILES string of the molecule is OC(CCl)COc1cccc2ccoc12. The van der Waals surface area contributed by atoms with Crippen LogP contribution in [-0.4, -0.2) is 23.7 Å². The molecule has 0 spiro atoms. The molecule has 3 nitrogen and oxygen atoms in total. The summed E-state index contributed by atoms with van der Waals surface area (Å²) >= 11 is 5.46. The van der Waals surface area contributed by atoms with Crippen molar-refractivity contribution in [1.82, 2.24) is 0 Å². The Morgan fingerprint density at radius 2 is 2.27 bits per heavy atom. The molecule has 2 aromatic rings. The molecular weight excluding hydrogens is 216 g/mol. The highest BCUT2D eigenvalue weighted by Gasteiger charge is 2.07. The number of halogens is 1. The Bertz CT molecular complexity index is 438. The third-order valence-corrected chi connectivity index (χ3v) is 2.41. The highest BCUT2D eigenvalue weighted by atomic mass is 35.5. The summed E-state index contributed by atoms with van der Waals surface area (Å²) in [5.41, 5.74) is 0.694. The zero-order valence-corrected chi connectivity index (χ0v) is 8.78. The van der Waals surface area contributed by atoms with Crippen molar-refractivity contribution in [2.24, 2.45) is 0 Å². The predicted octanol–water partition coefficient (Wildman–Crippen LogP) is 2.41. The number of rotatable bonds is 4. The van der Waals surface area contributed by atoms with Crippen molar-refractivity contribution in [3.05, 3.63) is 30.5 Å². The van der Waals surface area contributed by atoms with Crippen molar-refractivity contribution < 1.29 is 14.3 Å². The molecule has 0 saturated carbocycles. The average molecular weight is 227 g/mol. The maximum Gasteiger partial charge on any atom is 0.175 e. The van der Waals surface area contributed by atoms with Crippen molar-refractivity contribution >= 4 is 22.6 Å². The molecule has 1 atom stereocenters. The number of benzene rings is 1. The van der Waals surface area contributed by atoms with E-state index < -0.39 is 6.10 Å². The molecule has 2 rings (SSSR count). The van der Waals surface area contributed by atoms with Crippen LogP contribution in [0.5, 0.6) is 5.75 Å². The minimum absolute atomic E-state index is 0.161. The Hall–Kier alpha value is -1.19. The van der Waals surface area contributed by atoms with E-state index >= 15 is 0 Å². The lowest BCUT2D eigenvalue weighted by atomic mass is 10.2. The zero-order chi connectivity index (χ0) is 10.7. The quantitative estimate of drug-likeness (QED) is 0.815. The standard InChI is InChI=1S/C11H11ClO3/c12-6-9(13)7-15-10-3-1-2-8-4-5-14-11(8)10/h1-5,9,13H,6-7H2. The number of fused-ring (bicyclic) bond motifs is 1. The van der Waals surface area contributed by atoms with Crippen LogP contribution in [0.3, 0.4) is 0 Å². The van der Waals surface area contributed by atoms with Crippen LogP contribution >= 0.6 is 11.6 Å². The predicted molar refractivity (Wildman–Crippen MR) is 58.4 cm³/mol. The van der Waals surface area contributed by atoms with Gasteiger partial charge in [-0.15, -0.1) is 11.6 Å².